The summed E-state index contributed by atoms with van der Waals surface area (Å²) in [5.74, 6) is -4.50. The summed E-state index contributed by atoms with van der Waals surface area (Å²) in [6.45, 7) is 16.1. The number of rotatable bonds is 19. The minimum atomic E-state index is -0.898. The molecule has 48 heavy (non-hydrogen) atoms. The lowest BCUT2D eigenvalue weighted by atomic mass is 9.90. The number of esters is 3. The predicted octanol–water partition coefficient (Wildman–Crippen LogP) is 5.92. The van der Waals surface area contributed by atoms with Gasteiger partial charge in [0.2, 0.25) is 5.91 Å². The zero-order chi connectivity index (χ0) is 36.7. The SMILES string of the molecule is CC(C)(C)OC(=O)CC[C@H](CC(=O)C[C@@H](CCCCNC(=O)CCc1ccc(CC(=O)O)cc1)C(=O)OC(C)(C)C)C(=O)OC(C)(C)C. The molecule has 0 aliphatic heterocycles. The van der Waals surface area contributed by atoms with Gasteiger partial charge in [0, 0.05) is 32.2 Å². The van der Waals surface area contributed by atoms with E-state index in [-0.39, 0.29) is 50.2 Å². The van der Waals surface area contributed by atoms with E-state index < -0.39 is 52.5 Å². The third-order valence-corrected chi connectivity index (χ3v) is 6.87. The van der Waals surface area contributed by atoms with Crippen LogP contribution < -0.4 is 5.32 Å². The first kappa shape index (κ1) is 42.3. The highest BCUT2D eigenvalue weighted by molar-refractivity contribution is 5.88. The van der Waals surface area contributed by atoms with E-state index in [9.17, 15) is 28.8 Å². The van der Waals surface area contributed by atoms with Crippen LogP contribution in [0.3, 0.4) is 0 Å². The van der Waals surface area contributed by atoms with Crippen molar-refractivity contribution in [3.05, 3.63) is 35.4 Å². The first-order valence-corrected chi connectivity index (χ1v) is 16.8. The standard InChI is InChI=1S/C37H57NO10/c1-35(2,3)46-32(43)20-18-28(34(45)48-37(7,8)9)24-29(39)23-27(33(44)47-36(4,5)6)12-10-11-21-38-30(40)19-17-25-13-15-26(16-14-25)22-31(41)42/h13-16,27-28H,10-12,17-24H2,1-9H3,(H,38,40)(H,41,42)/t27-,28-/m1/s1. The number of carbonyl (C=O) groups is 6. The van der Waals surface area contributed by atoms with Crippen molar-refractivity contribution in [2.75, 3.05) is 6.54 Å². The summed E-state index contributed by atoms with van der Waals surface area (Å²) in [4.78, 5) is 74.9. The van der Waals surface area contributed by atoms with Crippen molar-refractivity contribution < 1.29 is 48.1 Å². The van der Waals surface area contributed by atoms with E-state index in [2.05, 4.69) is 5.32 Å². The van der Waals surface area contributed by atoms with Gasteiger partial charge in [-0.25, -0.2) is 0 Å². The van der Waals surface area contributed by atoms with E-state index in [1.807, 2.05) is 12.1 Å². The van der Waals surface area contributed by atoms with Crippen LogP contribution in [0, 0.1) is 11.8 Å². The van der Waals surface area contributed by atoms with Gasteiger partial charge >= 0.3 is 23.9 Å². The van der Waals surface area contributed by atoms with Gasteiger partial charge in [-0.1, -0.05) is 30.7 Å². The molecule has 0 saturated heterocycles. The van der Waals surface area contributed by atoms with Crippen molar-refractivity contribution in [1.29, 1.82) is 0 Å². The van der Waals surface area contributed by atoms with Crippen molar-refractivity contribution in [3.63, 3.8) is 0 Å². The number of benzene rings is 1. The topological polar surface area (TPSA) is 162 Å². The number of carboxylic acid groups (broad SMARTS) is 1. The van der Waals surface area contributed by atoms with Gasteiger partial charge in [0.25, 0.3) is 0 Å². The zero-order valence-corrected chi connectivity index (χ0v) is 30.4. The molecule has 0 heterocycles. The van der Waals surface area contributed by atoms with E-state index in [1.54, 1.807) is 74.4 Å². The van der Waals surface area contributed by atoms with Gasteiger partial charge in [-0.2, -0.15) is 0 Å². The Morgan fingerprint density at radius 1 is 0.667 bits per heavy atom. The second-order valence-corrected chi connectivity index (χ2v) is 15.3. The van der Waals surface area contributed by atoms with Crippen LogP contribution >= 0.6 is 0 Å². The van der Waals surface area contributed by atoms with E-state index in [4.69, 9.17) is 19.3 Å². The summed E-state index contributed by atoms with van der Waals surface area (Å²) >= 11 is 0. The number of hydrogen-bond donors (Lipinski definition) is 2. The second-order valence-electron chi connectivity index (χ2n) is 15.3. The predicted molar refractivity (Wildman–Crippen MR) is 181 cm³/mol. The average Bonchev–Trinajstić information content (AvgIpc) is 2.90. The van der Waals surface area contributed by atoms with Crippen LogP contribution in [0.4, 0.5) is 0 Å². The summed E-state index contributed by atoms with van der Waals surface area (Å²) in [5.41, 5.74) is -0.592. The first-order valence-electron chi connectivity index (χ1n) is 16.8. The molecule has 0 aliphatic rings. The van der Waals surface area contributed by atoms with E-state index in [0.717, 1.165) is 5.56 Å². The number of carboxylic acids is 1. The molecule has 0 fully saturated rings. The third kappa shape index (κ3) is 20.5. The van der Waals surface area contributed by atoms with Crippen LogP contribution in [-0.4, -0.2) is 64.0 Å². The number of nitrogens with one attached hydrogen (secondary N) is 1. The molecule has 1 aromatic carbocycles. The number of carbonyl (C=O) groups excluding carboxylic acids is 5. The van der Waals surface area contributed by atoms with Gasteiger partial charge in [0.1, 0.15) is 22.6 Å². The fraction of sp³-hybridized carbons (Fsp3) is 0.676. The molecule has 1 aromatic rings. The minimum absolute atomic E-state index is 0.0494. The smallest absolute Gasteiger partial charge is 0.309 e. The molecule has 270 valence electrons. The summed E-state index contributed by atoms with van der Waals surface area (Å²) in [7, 11) is 0. The van der Waals surface area contributed by atoms with E-state index >= 15 is 0 Å². The quantitative estimate of drug-likeness (QED) is 0.102. The monoisotopic (exact) mass is 675 g/mol. The van der Waals surface area contributed by atoms with Crippen molar-refractivity contribution in [3.8, 4) is 0 Å². The Morgan fingerprint density at radius 3 is 1.62 bits per heavy atom. The molecule has 0 aliphatic carbocycles. The van der Waals surface area contributed by atoms with Crippen LogP contribution in [0.15, 0.2) is 24.3 Å². The number of ketones is 1. The lowest BCUT2D eigenvalue weighted by Crippen LogP contribution is -2.32. The molecule has 2 N–H and O–H groups in total. The Balaban J connectivity index is 2.75. The van der Waals surface area contributed by atoms with Crippen molar-refractivity contribution >= 4 is 35.6 Å². The number of hydrogen-bond acceptors (Lipinski definition) is 9. The van der Waals surface area contributed by atoms with Crippen LogP contribution in [0.1, 0.15) is 125 Å². The van der Waals surface area contributed by atoms with Crippen LogP contribution in [-0.2, 0) is 55.8 Å². The number of Topliss-reactive ketones (excluding diaryl/α,β-unsaturated/α-hetero) is 1. The molecule has 11 heteroatoms. The molecular formula is C37H57NO10. The lowest BCUT2D eigenvalue weighted by molar-refractivity contribution is -0.162. The van der Waals surface area contributed by atoms with Gasteiger partial charge < -0.3 is 24.6 Å². The number of aliphatic carboxylic acids is 1. The number of ether oxygens (including phenoxy) is 3. The van der Waals surface area contributed by atoms with E-state index in [0.29, 0.717) is 37.8 Å². The molecule has 0 unspecified atom stereocenters. The lowest BCUT2D eigenvalue weighted by Gasteiger charge is -2.25. The van der Waals surface area contributed by atoms with Gasteiger partial charge in [-0.3, -0.25) is 28.8 Å². The molecule has 2 atom stereocenters. The molecule has 0 aromatic heterocycles. The first-order chi connectivity index (χ1) is 22.0. The van der Waals surface area contributed by atoms with Gasteiger partial charge in [-0.15, -0.1) is 0 Å². The number of amides is 1. The molecule has 11 nitrogen and oxygen atoms in total. The Kier molecular flexibility index (Phi) is 17.0. The Labute approximate surface area is 285 Å². The average molecular weight is 676 g/mol. The maximum Gasteiger partial charge on any atom is 0.309 e. The van der Waals surface area contributed by atoms with Crippen LogP contribution in [0.25, 0.3) is 0 Å². The zero-order valence-electron chi connectivity index (χ0n) is 30.4. The molecular weight excluding hydrogens is 618 g/mol. The fourth-order valence-electron chi connectivity index (χ4n) is 4.78. The highest BCUT2D eigenvalue weighted by atomic mass is 16.6. The van der Waals surface area contributed by atoms with Crippen LogP contribution in [0.5, 0.6) is 0 Å². The summed E-state index contributed by atoms with van der Waals surface area (Å²) in [5, 5.41) is 11.8. The van der Waals surface area contributed by atoms with Crippen molar-refractivity contribution in [2.24, 2.45) is 11.8 Å². The number of unbranched alkanes of at least 4 members (excludes halogenated alkanes) is 1. The molecule has 1 amide bonds. The fourth-order valence-corrected chi connectivity index (χ4v) is 4.78. The highest BCUT2D eigenvalue weighted by Crippen LogP contribution is 2.25. The normalized spacial score (nSPS) is 13.2. The molecule has 1 rings (SSSR count). The Hall–Kier alpha value is -3.76. The maximum atomic E-state index is 13.3. The summed E-state index contributed by atoms with van der Waals surface area (Å²) < 4.78 is 16.5. The highest BCUT2D eigenvalue weighted by Gasteiger charge is 2.32. The van der Waals surface area contributed by atoms with Crippen molar-refractivity contribution in [1.82, 2.24) is 5.32 Å². The Morgan fingerprint density at radius 2 is 1.15 bits per heavy atom. The van der Waals surface area contributed by atoms with Gasteiger partial charge in [0.05, 0.1) is 18.3 Å². The molecule has 0 saturated carbocycles. The largest absolute Gasteiger partial charge is 0.481 e. The van der Waals surface area contributed by atoms with Gasteiger partial charge in [0.15, 0.2) is 0 Å². The molecule has 0 bridgehead atoms. The summed E-state index contributed by atoms with van der Waals surface area (Å²) in [6, 6.07) is 7.13. The second kappa shape index (κ2) is 19.3. The minimum Gasteiger partial charge on any atom is -0.481 e. The van der Waals surface area contributed by atoms with Crippen LogP contribution in [0.2, 0.25) is 0 Å². The molecule has 0 radical (unpaired) electrons. The van der Waals surface area contributed by atoms with Crippen molar-refractivity contribution in [2.45, 2.75) is 143 Å². The summed E-state index contributed by atoms with van der Waals surface area (Å²) in [6.07, 6.45) is 1.94. The molecule has 0 spiro atoms. The third-order valence-electron chi connectivity index (χ3n) is 6.87. The maximum absolute atomic E-state index is 13.3. The van der Waals surface area contributed by atoms with E-state index in [1.165, 1.54) is 0 Å². The van der Waals surface area contributed by atoms with Gasteiger partial charge in [-0.05, 0) is 99.1 Å². The Bertz CT molecular complexity index is 1230. The number of aryl methyl sites for hydroxylation is 1.